The summed E-state index contributed by atoms with van der Waals surface area (Å²) < 4.78 is 27.4. The van der Waals surface area contributed by atoms with Crippen molar-refractivity contribution in [3.8, 4) is 0 Å². The van der Waals surface area contributed by atoms with Crippen LogP contribution in [0.4, 0.5) is 14.5 Å². The van der Waals surface area contributed by atoms with Crippen LogP contribution in [0.15, 0.2) is 76.8 Å². The molecule has 6 nitrogen and oxygen atoms in total. The number of benzene rings is 3. The van der Waals surface area contributed by atoms with Gasteiger partial charge in [0.15, 0.2) is 5.17 Å². The van der Waals surface area contributed by atoms with Crippen molar-refractivity contribution in [3.05, 3.63) is 101 Å². The zero-order chi connectivity index (χ0) is 26.1. The number of amidine groups is 1. The van der Waals surface area contributed by atoms with Gasteiger partial charge in [0.05, 0.1) is 11.8 Å². The summed E-state index contributed by atoms with van der Waals surface area (Å²) in [6, 6.07) is 18.4. The van der Waals surface area contributed by atoms with E-state index in [1.807, 2.05) is 31.2 Å². The van der Waals surface area contributed by atoms with Gasteiger partial charge in [-0.1, -0.05) is 59.8 Å². The van der Waals surface area contributed by atoms with Gasteiger partial charge in [-0.15, -0.1) is 0 Å². The molecule has 2 heterocycles. The highest BCUT2D eigenvalue weighted by Crippen LogP contribution is 2.38. The zero-order valence-corrected chi connectivity index (χ0v) is 21.1. The molecular formula is C28H24F2N4O2S. The summed E-state index contributed by atoms with van der Waals surface area (Å²) >= 11 is 1.17. The molecule has 5 rings (SSSR count). The van der Waals surface area contributed by atoms with E-state index in [2.05, 4.69) is 10.3 Å². The van der Waals surface area contributed by atoms with Crippen LogP contribution < -0.4 is 5.32 Å². The molecule has 2 aliphatic heterocycles. The number of hydrazone groups is 1. The number of amides is 2. The predicted octanol–water partition coefficient (Wildman–Crippen LogP) is 5.76. The van der Waals surface area contributed by atoms with E-state index in [-0.39, 0.29) is 18.3 Å². The molecule has 0 saturated heterocycles. The van der Waals surface area contributed by atoms with Crippen molar-refractivity contribution >= 4 is 40.1 Å². The number of carbonyl (C=O) groups is 2. The first-order valence-corrected chi connectivity index (χ1v) is 12.7. The summed E-state index contributed by atoms with van der Waals surface area (Å²) in [6.45, 7) is 3.65. The van der Waals surface area contributed by atoms with Crippen molar-refractivity contribution in [1.29, 1.82) is 0 Å². The fourth-order valence-corrected chi connectivity index (χ4v) is 5.27. The number of rotatable bonds is 5. The second-order valence-corrected chi connectivity index (χ2v) is 10.3. The Morgan fingerprint density at radius 2 is 1.78 bits per heavy atom. The first-order valence-electron chi connectivity index (χ1n) is 11.8. The number of aryl methyl sites for hydroxylation is 2. The van der Waals surface area contributed by atoms with Crippen LogP contribution in [0.1, 0.15) is 41.1 Å². The van der Waals surface area contributed by atoms with Crippen molar-refractivity contribution in [3.63, 3.8) is 0 Å². The smallest absolute Gasteiger partial charge is 0.262 e. The lowest BCUT2D eigenvalue weighted by Gasteiger charge is -2.23. The molecule has 0 spiro atoms. The van der Waals surface area contributed by atoms with E-state index < -0.39 is 22.9 Å². The molecule has 3 aromatic carbocycles. The Morgan fingerprint density at radius 1 is 1.05 bits per heavy atom. The van der Waals surface area contributed by atoms with Crippen LogP contribution >= 0.6 is 11.8 Å². The SMILES string of the molecule is Cc1ccc(C2=NN(C3=NC(=O)[C@@H](CC(=O)Nc4ccc(C)c(F)c4)S3)[C@H](c3ccc(F)cc3)C2)cc1. The van der Waals surface area contributed by atoms with Crippen molar-refractivity contribution in [1.82, 2.24) is 5.01 Å². The Balaban J connectivity index is 1.34. The number of anilines is 1. The molecule has 2 aliphatic rings. The second kappa shape index (κ2) is 10.3. The lowest BCUT2D eigenvalue weighted by Crippen LogP contribution is -2.25. The summed E-state index contributed by atoms with van der Waals surface area (Å²) in [6.07, 6.45) is 0.433. The molecule has 0 aromatic heterocycles. The van der Waals surface area contributed by atoms with Crippen LogP contribution in [0.2, 0.25) is 0 Å². The van der Waals surface area contributed by atoms with Gasteiger partial charge < -0.3 is 5.32 Å². The Bertz CT molecular complexity index is 1420. The number of aliphatic imine (C=N–C) groups is 1. The van der Waals surface area contributed by atoms with E-state index >= 15 is 0 Å². The van der Waals surface area contributed by atoms with Crippen molar-refractivity contribution in [2.45, 2.75) is 38.0 Å². The van der Waals surface area contributed by atoms with Gasteiger partial charge in [-0.3, -0.25) is 9.59 Å². The van der Waals surface area contributed by atoms with Gasteiger partial charge >= 0.3 is 0 Å². The van der Waals surface area contributed by atoms with Gasteiger partial charge in [0, 0.05) is 18.5 Å². The first kappa shape index (κ1) is 24.8. The number of hydrogen-bond donors (Lipinski definition) is 1. The number of nitrogens with zero attached hydrogens (tertiary/aromatic N) is 3. The maximum absolute atomic E-state index is 13.8. The molecular weight excluding hydrogens is 494 g/mol. The van der Waals surface area contributed by atoms with Gasteiger partial charge in [-0.2, -0.15) is 10.1 Å². The normalized spacial score (nSPS) is 19.1. The second-order valence-electron chi connectivity index (χ2n) is 9.08. The maximum atomic E-state index is 13.8. The van der Waals surface area contributed by atoms with Crippen molar-refractivity contribution < 1.29 is 18.4 Å². The fourth-order valence-electron chi connectivity index (χ4n) is 4.21. The molecule has 3 aromatic rings. The molecule has 0 aliphatic carbocycles. The van der Waals surface area contributed by atoms with E-state index in [1.165, 1.54) is 30.0 Å². The summed E-state index contributed by atoms with van der Waals surface area (Å²) in [4.78, 5) is 29.5. The minimum atomic E-state index is -0.724. The first-order chi connectivity index (χ1) is 17.8. The molecule has 1 N–H and O–H groups in total. The van der Waals surface area contributed by atoms with E-state index in [4.69, 9.17) is 5.10 Å². The van der Waals surface area contributed by atoms with Crippen LogP contribution in [0.5, 0.6) is 0 Å². The highest BCUT2D eigenvalue weighted by molar-refractivity contribution is 8.15. The quantitative estimate of drug-likeness (QED) is 0.466. The highest BCUT2D eigenvalue weighted by atomic mass is 32.2. The Hall–Kier alpha value is -3.85. The average Bonchev–Trinajstić information content (AvgIpc) is 3.46. The van der Waals surface area contributed by atoms with Gasteiger partial charge in [0.2, 0.25) is 5.91 Å². The van der Waals surface area contributed by atoms with Crippen molar-refractivity contribution in [2.24, 2.45) is 10.1 Å². The molecule has 0 saturated carbocycles. The predicted molar refractivity (Wildman–Crippen MR) is 142 cm³/mol. The standard InChI is InChI=1S/C28H24F2N4O2S/c1-16-3-6-18(7-4-16)23-14-24(19-8-10-20(29)11-9-19)34(33-23)28-32-27(36)25(37-28)15-26(35)31-21-12-5-17(2)22(30)13-21/h3-13,24-25H,14-15H2,1-2H3,(H,31,35)/t24-,25+/m0/s1. The number of nitrogens with one attached hydrogen (secondary N) is 1. The average molecular weight is 519 g/mol. The topological polar surface area (TPSA) is 74.1 Å². The van der Waals surface area contributed by atoms with Crippen LogP contribution in [-0.2, 0) is 9.59 Å². The molecule has 0 radical (unpaired) electrons. The van der Waals surface area contributed by atoms with Crippen LogP contribution in [-0.4, -0.2) is 33.0 Å². The molecule has 2 atom stereocenters. The zero-order valence-electron chi connectivity index (χ0n) is 20.2. The summed E-state index contributed by atoms with van der Waals surface area (Å²) in [5.41, 5.74) is 4.55. The fraction of sp³-hybridized carbons (Fsp3) is 0.214. The number of halogens is 2. The van der Waals surface area contributed by atoms with E-state index in [0.29, 0.717) is 22.8 Å². The third kappa shape index (κ3) is 5.46. The lowest BCUT2D eigenvalue weighted by molar-refractivity contribution is -0.121. The monoisotopic (exact) mass is 518 g/mol. The Kier molecular flexibility index (Phi) is 6.88. The van der Waals surface area contributed by atoms with Crippen LogP contribution in [0, 0.1) is 25.5 Å². The third-order valence-corrected chi connectivity index (χ3v) is 7.44. The molecule has 0 unspecified atom stereocenters. The van der Waals surface area contributed by atoms with E-state index in [1.54, 1.807) is 36.2 Å². The summed E-state index contributed by atoms with van der Waals surface area (Å²) in [7, 11) is 0. The largest absolute Gasteiger partial charge is 0.326 e. The number of hydrogen-bond acceptors (Lipinski definition) is 5. The molecule has 188 valence electrons. The number of carbonyl (C=O) groups excluding carboxylic acids is 2. The minimum absolute atomic E-state index is 0.115. The van der Waals surface area contributed by atoms with E-state index in [9.17, 15) is 18.4 Å². The van der Waals surface area contributed by atoms with Crippen LogP contribution in [0.25, 0.3) is 0 Å². The molecule has 37 heavy (non-hydrogen) atoms. The van der Waals surface area contributed by atoms with Gasteiger partial charge in [-0.05, 0) is 54.8 Å². The minimum Gasteiger partial charge on any atom is -0.326 e. The number of thioether (sulfide) groups is 1. The molecule has 2 amide bonds. The van der Waals surface area contributed by atoms with Gasteiger partial charge in [0.25, 0.3) is 5.91 Å². The lowest BCUT2D eigenvalue weighted by atomic mass is 9.98. The summed E-state index contributed by atoms with van der Waals surface area (Å²) in [5, 5.41) is 8.79. The molecule has 0 bridgehead atoms. The van der Waals surface area contributed by atoms with Gasteiger partial charge in [-0.25, -0.2) is 13.8 Å². The van der Waals surface area contributed by atoms with Crippen molar-refractivity contribution in [2.75, 3.05) is 5.32 Å². The summed E-state index contributed by atoms with van der Waals surface area (Å²) in [5.74, 6) is -1.60. The molecule has 0 fully saturated rings. The maximum Gasteiger partial charge on any atom is 0.262 e. The molecule has 9 heteroatoms. The highest BCUT2D eigenvalue weighted by Gasteiger charge is 2.39. The van der Waals surface area contributed by atoms with Gasteiger partial charge in [0.1, 0.15) is 16.9 Å². The third-order valence-electron chi connectivity index (χ3n) is 6.30. The Morgan fingerprint density at radius 3 is 2.49 bits per heavy atom. The Labute approximate surface area is 217 Å². The van der Waals surface area contributed by atoms with E-state index in [0.717, 1.165) is 22.4 Å². The van der Waals surface area contributed by atoms with Crippen LogP contribution in [0.3, 0.4) is 0 Å².